The molecule has 0 bridgehead atoms. The van der Waals surface area contributed by atoms with Crippen LogP contribution >= 0.6 is 11.6 Å². The normalized spacial score (nSPS) is 11.0. The largest absolute Gasteiger partial charge is 0.394 e. The Balaban J connectivity index is 2.86. The summed E-state index contributed by atoms with van der Waals surface area (Å²) in [6, 6.07) is 0. The van der Waals surface area contributed by atoms with Gasteiger partial charge in [-0.3, -0.25) is 0 Å². The molecule has 0 radical (unpaired) electrons. The summed E-state index contributed by atoms with van der Waals surface area (Å²) < 4.78 is 1.51. The maximum Gasteiger partial charge on any atom is 0.202 e. The molecular formula is C7H9ClN6. The van der Waals surface area contributed by atoms with Gasteiger partial charge in [0.05, 0.1) is 5.69 Å². The van der Waals surface area contributed by atoms with Crippen molar-refractivity contribution < 1.29 is 0 Å². The van der Waals surface area contributed by atoms with Crippen molar-refractivity contribution in [2.45, 2.75) is 13.3 Å². The van der Waals surface area contributed by atoms with Crippen LogP contribution in [-0.4, -0.2) is 19.8 Å². The van der Waals surface area contributed by atoms with Crippen molar-refractivity contribution >= 4 is 28.6 Å². The maximum atomic E-state index is 5.79. The predicted molar refractivity (Wildman–Crippen MR) is 54.0 cm³/mol. The van der Waals surface area contributed by atoms with Crippen LogP contribution in [0.25, 0.3) is 5.65 Å². The van der Waals surface area contributed by atoms with Crippen molar-refractivity contribution in [3.63, 3.8) is 0 Å². The first-order chi connectivity index (χ1) is 6.65. The average molecular weight is 213 g/mol. The summed E-state index contributed by atoms with van der Waals surface area (Å²) in [6.07, 6.45) is 0.702. The number of nitrogens with zero attached hydrogens (tertiary/aromatic N) is 4. The minimum Gasteiger partial charge on any atom is -0.394 e. The molecular weight excluding hydrogens is 204 g/mol. The van der Waals surface area contributed by atoms with Gasteiger partial charge >= 0.3 is 0 Å². The summed E-state index contributed by atoms with van der Waals surface area (Å²) in [7, 11) is 0. The average Bonchev–Trinajstić information content (AvgIpc) is 2.57. The third-order valence-electron chi connectivity index (χ3n) is 1.96. The van der Waals surface area contributed by atoms with Gasteiger partial charge in [0.2, 0.25) is 5.65 Å². The highest BCUT2D eigenvalue weighted by molar-refractivity contribution is 6.32. The van der Waals surface area contributed by atoms with Gasteiger partial charge in [0.25, 0.3) is 0 Å². The summed E-state index contributed by atoms with van der Waals surface area (Å²) in [6.45, 7) is 1.94. The minimum absolute atomic E-state index is 0.171. The molecule has 0 aliphatic rings. The van der Waals surface area contributed by atoms with Gasteiger partial charge in [-0.15, -0.1) is 10.2 Å². The molecule has 6 nitrogen and oxygen atoms in total. The van der Waals surface area contributed by atoms with E-state index in [0.29, 0.717) is 23.6 Å². The van der Waals surface area contributed by atoms with E-state index in [9.17, 15) is 0 Å². The minimum atomic E-state index is 0.171. The second-order valence-corrected chi connectivity index (χ2v) is 3.18. The lowest BCUT2D eigenvalue weighted by Gasteiger charge is -2.03. The van der Waals surface area contributed by atoms with Gasteiger partial charge in [0, 0.05) is 6.42 Å². The van der Waals surface area contributed by atoms with Crippen LogP contribution in [0.4, 0.5) is 11.4 Å². The van der Waals surface area contributed by atoms with Crippen LogP contribution in [0.15, 0.2) is 0 Å². The summed E-state index contributed by atoms with van der Waals surface area (Å²) in [5, 5.41) is 12.0. The third kappa shape index (κ3) is 1.07. The summed E-state index contributed by atoms with van der Waals surface area (Å²) in [5.41, 5.74) is 12.3. The maximum absolute atomic E-state index is 5.79. The molecule has 0 aliphatic heterocycles. The molecule has 2 rings (SSSR count). The van der Waals surface area contributed by atoms with E-state index in [1.165, 1.54) is 4.52 Å². The summed E-state index contributed by atoms with van der Waals surface area (Å²) in [4.78, 5) is 0. The fourth-order valence-electron chi connectivity index (χ4n) is 1.18. The molecule has 0 saturated heterocycles. The lowest BCUT2D eigenvalue weighted by molar-refractivity contribution is 0.825. The standard InChI is InChI=1S/C7H9ClN6/c1-2-3-11-12-7-5(10)4(9)6(8)13-14(3)7/h2,9-10H2,1H3. The van der Waals surface area contributed by atoms with Gasteiger partial charge in [-0.25, -0.2) is 0 Å². The number of halogens is 1. The number of fused-ring (bicyclic) bond motifs is 1. The SMILES string of the molecule is CCc1nnc2c(N)c(N)c(Cl)nn12. The van der Waals surface area contributed by atoms with E-state index in [0.717, 1.165) is 0 Å². The van der Waals surface area contributed by atoms with Gasteiger partial charge in [-0.1, -0.05) is 18.5 Å². The second kappa shape index (κ2) is 2.98. The van der Waals surface area contributed by atoms with E-state index >= 15 is 0 Å². The topological polar surface area (TPSA) is 95.1 Å². The molecule has 0 fully saturated rings. The van der Waals surface area contributed by atoms with E-state index in [1.54, 1.807) is 0 Å². The lowest BCUT2D eigenvalue weighted by atomic mass is 10.4. The molecule has 0 amide bonds. The zero-order valence-electron chi connectivity index (χ0n) is 7.53. The molecule has 2 aromatic rings. The highest BCUT2D eigenvalue weighted by Crippen LogP contribution is 2.25. The number of hydrogen-bond donors (Lipinski definition) is 2. The Hall–Kier alpha value is -1.56. The number of aryl methyl sites for hydroxylation is 1. The highest BCUT2D eigenvalue weighted by Gasteiger charge is 2.13. The zero-order valence-corrected chi connectivity index (χ0v) is 8.28. The quantitative estimate of drug-likeness (QED) is 0.718. The lowest BCUT2D eigenvalue weighted by Crippen LogP contribution is -2.05. The number of anilines is 2. The van der Waals surface area contributed by atoms with Crippen molar-refractivity contribution in [3.05, 3.63) is 11.0 Å². The van der Waals surface area contributed by atoms with E-state index in [1.807, 2.05) is 6.92 Å². The fourth-order valence-corrected chi connectivity index (χ4v) is 1.36. The van der Waals surface area contributed by atoms with Crippen LogP contribution in [0, 0.1) is 0 Å². The van der Waals surface area contributed by atoms with E-state index in [4.69, 9.17) is 23.1 Å². The molecule has 0 aliphatic carbocycles. The first kappa shape index (κ1) is 9.01. The van der Waals surface area contributed by atoms with E-state index in [-0.39, 0.29) is 10.8 Å². The molecule has 7 heteroatoms. The van der Waals surface area contributed by atoms with E-state index in [2.05, 4.69) is 15.3 Å². The predicted octanol–water partition coefficient (Wildman–Crippen LogP) is 0.504. The molecule has 2 heterocycles. The Morgan fingerprint density at radius 2 is 2.00 bits per heavy atom. The van der Waals surface area contributed by atoms with Crippen molar-refractivity contribution in [3.8, 4) is 0 Å². The van der Waals surface area contributed by atoms with Crippen molar-refractivity contribution in [2.24, 2.45) is 0 Å². The molecule has 0 unspecified atom stereocenters. The third-order valence-corrected chi connectivity index (χ3v) is 2.24. The molecule has 0 saturated carbocycles. The fraction of sp³-hybridized carbons (Fsp3) is 0.286. The zero-order chi connectivity index (χ0) is 10.3. The molecule has 0 aromatic carbocycles. The van der Waals surface area contributed by atoms with Gasteiger partial charge in [0.15, 0.2) is 11.0 Å². The Morgan fingerprint density at radius 1 is 1.29 bits per heavy atom. The number of hydrogen-bond acceptors (Lipinski definition) is 5. The van der Waals surface area contributed by atoms with Crippen LogP contribution in [0.1, 0.15) is 12.7 Å². The van der Waals surface area contributed by atoms with Crippen LogP contribution in [0.3, 0.4) is 0 Å². The molecule has 0 spiro atoms. The number of rotatable bonds is 1. The highest BCUT2D eigenvalue weighted by atomic mass is 35.5. The van der Waals surface area contributed by atoms with Gasteiger partial charge in [-0.2, -0.15) is 9.61 Å². The van der Waals surface area contributed by atoms with Gasteiger partial charge in [0.1, 0.15) is 5.69 Å². The van der Waals surface area contributed by atoms with E-state index < -0.39 is 0 Å². The van der Waals surface area contributed by atoms with Crippen LogP contribution in [-0.2, 0) is 6.42 Å². The Labute approximate surface area is 84.9 Å². The summed E-state index contributed by atoms with van der Waals surface area (Å²) in [5.74, 6) is 0.702. The molecule has 14 heavy (non-hydrogen) atoms. The monoisotopic (exact) mass is 212 g/mol. The van der Waals surface area contributed by atoms with Crippen molar-refractivity contribution in [1.82, 2.24) is 19.8 Å². The number of aromatic nitrogens is 4. The Kier molecular flexibility index (Phi) is 1.92. The summed E-state index contributed by atoms with van der Waals surface area (Å²) >= 11 is 5.79. The van der Waals surface area contributed by atoms with Crippen LogP contribution in [0.2, 0.25) is 5.15 Å². The Morgan fingerprint density at radius 3 is 2.64 bits per heavy atom. The van der Waals surface area contributed by atoms with Crippen molar-refractivity contribution in [1.29, 1.82) is 0 Å². The smallest absolute Gasteiger partial charge is 0.202 e. The second-order valence-electron chi connectivity index (χ2n) is 2.82. The molecule has 0 atom stereocenters. The molecule has 74 valence electrons. The first-order valence-electron chi connectivity index (χ1n) is 4.10. The molecule has 2 aromatic heterocycles. The molecule has 4 N–H and O–H groups in total. The van der Waals surface area contributed by atoms with Gasteiger partial charge < -0.3 is 11.5 Å². The first-order valence-corrected chi connectivity index (χ1v) is 4.47. The number of nitrogens with two attached hydrogens (primary N) is 2. The van der Waals surface area contributed by atoms with Gasteiger partial charge in [-0.05, 0) is 0 Å². The van der Waals surface area contributed by atoms with Crippen LogP contribution in [0.5, 0.6) is 0 Å². The van der Waals surface area contributed by atoms with Crippen LogP contribution < -0.4 is 11.5 Å². The number of nitrogen functional groups attached to an aromatic ring is 2. The Bertz CT molecular complexity index is 490. The van der Waals surface area contributed by atoms with Crippen molar-refractivity contribution in [2.75, 3.05) is 11.5 Å².